The molecule has 0 bridgehead atoms. The summed E-state index contributed by atoms with van der Waals surface area (Å²) < 4.78 is 25.3. The lowest BCUT2D eigenvalue weighted by molar-refractivity contribution is 0.112. The van der Waals surface area contributed by atoms with E-state index in [4.69, 9.17) is 11.6 Å². The van der Waals surface area contributed by atoms with Crippen LogP contribution in [0.1, 0.15) is 27.9 Å². The highest BCUT2D eigenvalue weighted by molar-refractivity contribution is 14.1. The van der Waals surface area contributed by atoms with Crippen molar-refractivity contribution in [1.29, 1.82) is 0 Å². The zero-order valence-corrected chi connectivity index (χ0v) is 9.72. The molecule has 14 heavy (non-hydrogen) atoms. The van der Waals surface area contributed by atoms with Gasteiger partial charge in [0.25, 0.3) is 6.43 Å². The quantitative estimate of drug-likeness (QED) is 0.368. The summed E-state index contributed by atoms with van der Waals surface area (Å²) in [5, 5.41) is 0. The first-order valence-corrected chi connectivity index (χ1v) is 5.19. The van der Waals surface area contributed by atoms with Crippen LogP contribution in [-0.4, -0.2) is 11.3 Å². The Hall–Kier alpha value is -0.300. The number of alkyl halides is 3. The predicted octanol–water partition coefficient (Wildman–Crippen LogP) is 3.18. The van der Waals surface area contributed by atoms with Gasteiger partial charge >= 0.3 is 0 Å². The molecule has 0 amide bonds. The van der Waals surface area contributed by atoms with Crippen LogP contribution in [0.3, 0.4) is 0 Å². The molecule has 0 saturated heterocycles. The van der Waals surface area contributed by atoms with Gasteiger partial charge in [0.15, 0.2) is 6.29 Å². The fourth-order valence-corrected chi connectivity index (χ4v) is 2.02. The summed E-state index contributed by atoms with van der Waals surface area (Å²) in [7, 11) is 0. The number of hydrogen-bond donors (Lipinski definition) is 0. The Labute approximate surface area is 97.8 Å². The maximum atomic E-state index is 12.6. The standard InChI is InChI=1S/C8H5ClF2INO/c9-1-5-4(3-14)2-13-8(12)6(5)7(10)11/h2-3,7H,1H2. The number of carbonyl (C=O) groups is 1. The number of carbonyl (C=O) groups excluding carboxylic acids is 1. The minimum absolute atomic E-state index is 0.119. The molecule has 0 fully saturated rings. The summed E-state index contributed by atoms with van der Waals surface area (Å²) >= 11 is 7.20. The molecule has 0 saturated carbocycles. The fourth-order valence-electron chi connectivity index (χ4n) is 1.03. The summed E-state index contributed by atoms with van der Waals surface area (Å²) in [5.41, 5.74) is 0.0389. The first-order chi connectivity index (χ1) is 6.61. The van der Waals surface area contributed by atoms with Crippen molar-refractivity contribution in [2.75, 3.05) is 0 Å². The molecule has 0 spiro atoms. The molecule has 1 aromatic rings. The zero-order chi connectivity index (χ0) is 10.7. The zero-order valence-electron chi connectivity index (χ0n) is 6.81. The van der Waals surface area contributed by atoms with E-state index >= 15 is 0 Å². The van der Waals surface area contributed by atoms with Gasteiger partial charge in [-0.3, -0.25) is 4.79 Å². The molecule has 76 valence electrons. The molecule has 1 rings (SSSR count). The first-order valence-electron chi connectivity index (χ1n) is 3.58. The third kappa shape index (κ3) is 2.20. The minimum atomic E-state index is -2.66. The average Bonchev–Trinajstić information content (AvgIpc) is 2.16. The normalized spacial score (nSPS) is 10.6. The van der Waals surface area contributed by atoms with Crippen LogP contribution in [0.15, 0.2) is 6.20 Å². The lowest BCUT2D eigenvalue weighted by atomic mass is 10.1. The molecule has 0 aliphatic rings. The summed E-state index contributed by atoms with van der Waals surface area (Å²) in [4.78, 5) is 14.2. The summed E-state index contributed by atoms with van der Waals surface area (Å²) in [6.45, 7) is 0. The van der Waals surface area contributed by atoms with E-state index < -0.39 is 6.43 Å². The summed E-state index contributed by atoms with van der Waals surface area (Å²) in [6, 6.07) is 0. The van der Waals surface area contributed by atoms with Gasteiger partial charge in [0.1, 0.15) is 3.70 Å². The summed E-state index contributed by atoms with van der Waals surface area (Å²) in [5.74, 6) is -0.119. The lowest BCUT2D eigenvalue weighted by Gasteiger charge is -2.09. The molecule has 1 aromatic heterocycles. The molecular formula is C8H5ClF2INO. The highest BCUT2D eigenvalue weighted by atomic mass is 127. The van der Waals surface area contributed by atoms with E-state index in [0.29, 0.717) is 6.29 Å². The van der Waals surface area contributed by atoms with Gasteiger partial charge in [-0.15, -0.1) is 11.6 Å². The number of hydrogen-bond acceptors (Lipinski definition) is 2. The van der Waals surface area contributed by atoms with Gasteiger partial charge in [0.05, 0.1) is 5.56 Å². The van der Waals surface area contributed by atoms with E-state index in [0.717, 1.165) is 0 Å². The maximum Gasteiger partial charge on any atom is 0.266 e. The molecule has 0 aliphatic heterocycles. The first kappa shape index (κ1) is 11.8. The van der Waals surface area contributed by atoms with Crippen molar-refractivity contribution in [3.05, 3.63) is 26.6 Å². The van der Waals surface area contributed by atoms with Crippen molar-refractivity contribution in [2.24, 2.45) is 0 Å². The van der Waals surface area contributed by atoms with E-state index in [1.165, 1.54) is 6.20 Å². The van der Waals surface area contributed by atoms with Gasteiger partial charge < -0.3 is 0 Å². The van der Waals surface area contributed by atoms with Gasteiger partial charge in [-0.1, -0.05) is 0 Å². The largest absolute Gasteiger partial charge is 0.298 e. The Balaban J connectivity index is 3.42. The van der Waals surface area contributed by atoms with Crippen molar-refractivity contribution < 1.29 is 13.6 Å². The predicted molar refractivity (Wildman–Crippen MR) is 56.9 cm³/mol. The monoisotopic (exact) mass is 331 g/mol. The van der Waals surface area contributed by atoms with Crippen LogP contribution in [-0.2, 0) is 5.88 Å². The molecule has 2 nitrogen and oxygen atoms in total. The van der Waals surface area contributed by atoms with E-state index in [9.17, 15) is 13.6 Å². The van der Waals surface area contributed by atoms with Crippen LogP contribution in [0.5, 0.6) is 0 Å². The van der Waals surface area contributed by atoms with Crippen molar-refractivity contribution in [3.8, 4) is 0 Å². The molecule has 0 unspecified atom stereocenters. The van der Waals surface area contributed by atoms with E-state index in [1.54, 1.807) is 22.6 Å². The minimum Gasteiger partial charge on any atom is -0.298 e. The fraction of sp³-hybridized carbons (Fsp3) is 0.250. The number of pyridine rings is 1. The third-order valence-corrected chi connectivity index (χ3v) is 2.82. The molecular weight excluding hydrogens is 326 g/mol. The van der Waals surface area contributed by atoms with Gasteiger partial charge in [-0.2, -0.15) is 0 Å². The molecule has 0 aromatic carbocycles. The number of nitrogens with zero attached hydrogens (tertiary/aromatic N) is 1. The second-order valence-electron chi connectivity index (χ2n) is 2.45. The Morgan fingerprint density at radius 1 is 1.64 bits per heavy atom. The van der Waals surface area contributed by atoms with E-state index in [2.05, 4.69) is 4.98 Å². The number of aldehydes is 1. The average molecular weight is 331 g/mol. The van der Waals surface area contributed by atoms with Gasteiger partial charge in [0.2, 0.25) is 0 Å². The molecule has 0 aliphatic carbocycles. The van der Waals surface area contributed by atoms with E-state index in [1.807, 2.05) is 0 Å². The van der Waals surface area contributed by atoms with Gasteiger partial charge in [0, 0.05) is 17.6 Å². The Morgan fingerprint density at radius 3 is 2.71 bits per heavy atom. The molecule has 0 N–H and O–H groups in total. The Kier molecular flexibility index (Phi) is 4.18. The third-order valence-electron chi connectivity index (χ3n) is 1.69. The van der Waals surface area contributed by atoms with Crippen LogP contribution in [0.4, 0.5) is 8.78 Å². The van der Waals surface area contributed by atoms with Gasteiger partial charge in [-0.25, -0.2) is 13.8 Å². The van der Waals surface area contributed by atoms with Crippen LogP contribution in [0, 0.1) is 3.70 Å². The van der Waals surface area contributed by atoms with Crippen LogP contribution in [0.2, 0.25) is 0 Å². The highest BCUT2D eigenvalue weighted by Crippen LogP contribution is 2.29. The van der Waals surface area contributed by atoms with Crippen molar-refractivity contribution >= 4 is 40.5 Å². The van der Waals surface area contributed by atoms with Crippen LogP contribution >= 0.6 is 34.2 Å². The maximum absolute atomic E-state index is 12.6. The SMILES string of the molecule is O=Cc1cnc(I)c(C(F)F)c1CCl. The van der Waals surface area contributed by atoms with Gasteiger partial charge in [-0.05, 0) is 28.2 Å². The molecule has 0 atom stereocenters. The smallest absolute Gasteiger partial charge is 0.266 e. The second kappa shape index (κ2) is 4.97. The van der Waals surface area contributed by atoms with Crippen molar-refractivity contribution in [2.45, 2.75) is 12.3 Å². The molecule has 1 heterocycles. The van der Waals surface area contributed by atoms with Crippen LogP contribution in [0.25, 0.3) is 0 Å². The number of halogens is 4. The highest BCUT2D eigenvalue weighted by Gasteiger charge is 2.20. The van der Waals surface area contributed by atoms with Crippen LogP contribution < -0.4 is 0 Å². The van der Waals surface area contributed by atoms with E-state index in [-0.39, 0.29) is 26.3 Å². The van der Waals surface area contributed by atoms with Crippen molar-refractivity contribution in [1.82, 2.24) is 4.98 Å². The number of rotatable bonds is 3. The number of aromatic nitrogens is 1. The Morgan fingerprint density at radius 2 is 2.29 bits per heavy atom. The lowest BCUT2D eigenvalue weighted by Crippen LogP contribution is -2.03. The Bertz CT molecular complexity index is 359. The van der Waals surface area contributed by atoms with Crippen molar-refractivity contribution in [3.63, 3.8) is 0 Å². The molecule has 0 radical (unpaired) electrons. The molecule has 6 heteroatoms. The topological polar surface area (TPSA) is 30.0 Å². The summed E-state index contributed by atoms with van der Waals surface area (Å²) in [6.07, 6.45) is -0.937. The second-order valence-corrected chi connectivity index (χ2v) is 3.74.